The van der Waals surface area contributed by atoms with E-state index in [2.05, 4.69) is 35.6 Å². The zero-order chi connectivity index (χ0) is 10.1. The van der Waals surface area contributed by atoms with Crippen LogP contribution in [0.3, 0.4) is 0 Å². The van der Waals surface area contributed by atoms with Crippen molar-refractivity contribution in [2.75, 3.05) is 26.2 Å². The van der Waals surface area contributed by atoms with Crippen LogP contribution in [-0.2, 0) is 12.6 Å². The molecule has 2 nitrogen and oxygen atoms in total. The molecule has 0 N–H and O–H groups in total. The smallest absolute Gasteiger partial charge is 0.752 e. The third kappa shape index (κ3) is 8.60. The van der Waals surface area contributed by atoms with E-state index in [0.717, 1.165) is 26.2 Å². The summed E-state index contributed by atoms with van der Waals surface area (Å²) in [6.45, 7) is 9.77. The van der Waals surface area contributed by atoms with Gasteiger partial charge in [0.05, 0.1) is 6.54 Å². The zero-order valence-corrected chi connectivity index (χ0v) is 10.4. The normalized spacial score (nSPS) is 10.4. The Morgan fingerprint density at radius 2 is 1.86 bits per heavy atom. The van der Waals surface area contributed by atoms with Crippen molar-refractivity contribution in [2.24, 2.45) is 4.99 Å². The second-order valence-electron chi connectivity index (χ2n) is 2.54. The minimum atomic E-state index is 0. The molecule has 0 aromatic rings. The standard InChI is InChI=1S/C10H18N2S.Li/c1-4-11-10(13)8-7-9-12(5-2)6-3;/h4-6,9H2,1-3H3,(H,11,13);/q;+1/p-1. The molecule has 0 bridgehead atoms. The van der Waals surface area contributed by atoms with Crippen LogP contribution in [-0.4, -0.2) is 36.1 Å². The van der Waals surface area contributed by atoms with Crippen LogP contribution in [0.25, 0.3) is 0 Å². The SMILES string of the molecule is CCN=C([S-])C#CCN(CC)CC.[Li+]. The molecule has 0 heterocycles. The molecule has 0 aromatic heterocycles. The maximum absolute atomic E-state index is 4.92. The van der Waals surface area contributed by atoms with E-state index >= 15 is 0 Å². The van der Waals surface area contributed by atoms with E-state index in [-0.39, 0.29) is 18.9 Å². The molecule has 0 fully saturated rings. The summed E-state index contributed by atoms with van der Waals surface area (Å²) in [5, 5.41) is 0.523. The van der Waals surface area contributed by atoms with Crippen LogP contribution >= 0.6 is 0 Å². The summed E-state index contributed by atoms with van der Waals surface area (Å²) in [7, 11) is 0. The van der Waals surface area contributed by atoms with Crippen molar-refractivity contribution in [1.82, 2.24) is 4.90 Å². The van der Waals surface area contributed by atoms with Crippen molar-refractivity contribution in [3.63, 3.8) is 0 Å². The summed E-state index contributed by atoms with van der Waals surface area (Å²) in [6.07, 6.45) is 0. The molecule has 0 aliphatic heterocycles. The summed E-state index contributed by atoms with van der Waals surface area (Å²) in [6, 6.07) is 0. The van der Waals surface area contributed by atoms with Gasteiger partial charge in [0.25, 0.3) is 0 Å². The van der Waals surface area contributed by atoms with Crippen molar-refractivity contribution < 1.29 is 18.9 Å². The van der Waals surface area contributed by atoms with Gasteiger partial charge in [-0.3, -0.25) is 4.90 Å². The Morgan fingerprint density at radius 3 is 2.29 bits per heavy atom. The first-order valence-electron chi connectivity index (χ1n) is 4.67. The molecule has 0 rings (SSSR count). The van der Waals surface area contributed by atoms with E-state index in [9.17, 15) is 0 Å². The van der Waals surface area contributed by atoms with E-state index < -0.39 is 0 Å². The Kier molecular flexibility index (Phi) is 13.0. The quantitative estimate of drug-likeness (QED) is 0.178. The topological polar surface area (TPSA) is 15.6 Å². The summed E-state index contributed by atoms with van der Waals surface area (Å²) < 4.78 is 0. The average molecular weight is 204 g/mol. The van der Waals surface area contributed by atoms with Crippen molar-refractivity contribution in [1.29, 1.82) is 0 Å². The second kappa shape index (κ2) is 11.1. The van der Waals surface area contributed by atoms with E-state index in [1.165, 1.54) is 0 Å². The molecule has 0 saturated carbocycles. The maximum Gasteiger partial charge on any atom is 1.00 e. The molecule has 0 aromatic carbocycles. The minimum Gasteiger partial charge on any atom is -0.752 e. The van der Waals surface area contributed by atoms with Gasteiger partial charge in [-0.1, -0.05) is 25.7 Å². The number of hydrogen-bond acceptors (Lipinski definition) is 3. The van der Waals surface area contributed by atoms with Gasteiger partial charge in [0.15, 0.2) is 0 Å². The molecular formula is C10H17LiN2S. The number of rotatable bonds is 4. The predicted molar refractivity (Wildman–Crippen MR) is 60.9 cm³/mol. The largest absolute Gasteiger partial charge is 1.00 e. The molecule has 14 heavy (non-hydrogen) atoms. The van der Waals surface area contributed by atoms with E-state index in [1.54, 1.807) is 0 Å². The van der Waals surface area contributed by atoms with Gasteiger partial charge in [0, 0.05) is 6.54 Å². The Bertz CT molecular complexity index is 214. The first-order chi connectivity index (χ1) is 6.24. The van der Waals surface area contributed by atoms with Crippen LogP contribution < -0.4 is 18.9 Å². The van der Waals surface area contributed by atoms with Crippen molar-refractivity contribution in [3.05, 3.63) is 0 Å². The monoisotopic (exact) mass is 204 g/mol. The molecule has 0 unspecified atom stereocenters. The summed E-state index contributed by atoms with van der Waals surface area (Å²) in [4.78, 5) is 6.25. The van der Waals surface area contributed by atoms with Gasteiger partial charge in [-0.05, 0) is 25.1 Å². The van der Waals surface area contributed by atoms with Crippen molar-refractivity contribution in [3.8, 4) is 11.8 Å². The van der Waals surface area contributed by atoms with Crippen LogP contribution in [0.5, 0.6) is 0 Å². The van der Waals surface area contributed by atoms with Gasteiger partial charge in [-0.25, -0.2) is 0 Å². The number of hydrogen-bond donors (Lipinski definition) is 0. The fraction of sp³-hybridized carbons (Fsp3) is 0.700. The molecule has 0 atom stereocenters. The second-order valence-corrected chi connectivity index (χ2v) is 2.93. The van der Waals surface area contributed by atoms with Crippen LogP contribution in [0.2, 0.25) is 0 Å². The molecule has 74 valence electrons. The van der Waals surface area contributed by atoms with Gasteiger partial charge in [-0.15, -0.1) is 0 Å². The fourth-order valence-electron chi connectivity index (χ4n) is 0.857. The maximum atomic E-state index is 4.92. The van der Waals surface area contributed by atoms with E-state index in [0.29, 0.717) is 5.04 Å². The molecule has 0 amide bonds. The minimum absolute atomic E-state index is 0. The van der Waals surface area contributed by atoms with Gasteiger partial charge in [-0.2, -0.15) is 0 Å². The van der Waals surface area contributed by atoms with Gasteiger partial charge >= 0.3 is 18.9 Å². The van der Waals surface area contributed by atoms with E-state index in [1.807, 2.05) is 6.92 Å². The number of nitrogens with zero attached hydrogens (tertiary/aromatic N) is 2. The summed E-state index contributed by atoms with van der Waals surface area (Å²) >= 11 is 4.92. The Balaban J connectivity index is 0. The first kappa shape index (κ1) is 16.4. The third-order valence-corrected chi connectivity index (χ3v) is 1.93. The van der Waals surface area contributed by atoms with Crippen molar-refractivity contribution in [2.45, 2.75) is 20.8 Å². The predicted octanol–water partition coefficient (Wildman–Crippen LogP) is -1.70. The van der Waals surface area contributed by atoms with Crippen LogP contribution in [0.15, 0.2) is 4.99 Å². The zero-order valence-electron chi connectivity index (χ0n) is 9.63. The van der Waals surface area contributed by atoms with Crippen LogP contribution in [0, 0.1) is 11.8 Å². The first-order valence-corrected chi connectivity index (χ1v) is 5.08. The van der Waals surface area contributed by atoms with Crippen LogP contribution in [0.4, 0.5) is 0 Å². The van der Waals surface area contributed by atoms with Crippen molar-refractivity contribution >= 4 is 17.7 Å². The molecule has 0 aliphatic rings. The summed E-state index contributed by atoms with van der Waals surface area (Å²) in [5.74, 6) is 5.87. The van der Waals surface area contributed by atoms with Crippen LogP contribution in [0.1, 0.15) is 20.8 Å². The molecule has 0 saturated heterocycles. The molecule has 0 radical (unpaired) electrons. The van der Waals surface area contributed by atoms with Gasteiger partial charge in [0.1, 0.15) is 0 Å². The molecular weight excluding hydrogens is 187 g/mol. The number of aliphatic imine (C=N–C) groups is 1. The summed E-state index contributed by atoms with van der Waals surface area (Å²) in [5.41, 5.74) is 0. The Labute approximate surface area is 105 Å². The average Bonchev–Trinajstić information content (AvgIpc) is 2.13. The Morgan fingerprint density at radius 1 is 1.29 bits per heavy atom. The third-order valence-electron chi connectivity index (χ3n) is 1.69. The molecule has 0 spiro atoms. The molecule has 0 aliphatic carbocycles. The fourth-order valence-corrected chi connectivity index (χ4v) is 1.06. The molecule has 4 heteroatoms. The van der Waals surface area contributed by atoms with Gasteiger partial charge in [0.2, 0.25) is 0 Å². The Hall–Kier alpha value is 0.00740. The van der Waals surface area contributed by atoms with E-state index in [4.69, 9.17) is 12.6 Å². The van der Waals surface area contributed by atoms with Gasteiger partial charge < -0.3 is 17.6 Å².